The van der Waals surface area contributed by atoms with Crippen LogP contribution in [0.4, 0.5) is 0 Å². The first-order valence-electron chi connectivity index (χ1n) is 9.12. The molecule has 0 N–H and O–H groups in total. The van der Waals surface area contributed by atoms with Crippen molar-refractivity contribution >= 4 is 28.3 Å². The minimum atomic E-state index is -0.829. The Kier molecular flexibility index (Phi) is 5.59. The molecule has 7 heteroatoms. The second-order valence-electron chi connectivity index (χ2n) is 6.72. The highest BCUT2D eigenvalue weighted by Gasteiger charge is 2.26. The number of hydrogen-bond acceptors (Lipinski definition) is 3. The van der Waals surface area contributed by atoms with E-state index in [2.05, 4.69) is 0 Å². The van der Waals surface area contributed by atoms with E-state index in [0.29, 0.717) is 47.4 Å². The number of benzene rings is 2. The van der Waals surface area contributed by atoms with Gasteiger partial charge in [-0.15, -0.1) is 0 Å². The van der Waals surface area contributed by atoms with E-state index < -0.39 is 10.8 Å². The maximum atomic E-state index is 13.2. The topological polar surface area (TPSA) is 55.2 Å². The van der Waals surface area contributed by atoms with Crippen molar-refractivity contribution in [3.8, 4) is 11.3 Å². The van der Waals surface area contributed by atoms with Gasteiger partial charge < -0.3 is 4.90 Å². The number of carbonyl (C=O) groups is 1. The third-order valence-corrected chi connectivity index (χ3v) is 6.29. The van der Waals surface area contributed by atoms with Crippen LogP contribution in [-0.4, -0.2) is 49.4 Å². The van der Waals surface area contributed by atoms with E-state index in [0.717, 1.165) is 11.1 Å². The van der Waals surface area contributed by atoms with E-state index in [1.165, 1.54) is 0 Å². The highest BCUT2D eigenvalue weighted by Crippen LogP contribution is 2.26. The number of nitrogens with zero attached hydrogens (tertiary/aromatic N) is 3. The molecule has 1 saturated heterocycles. The highest BCUT2D eigenvalue weighted by molar-refractivity contribution is 7.85. The SMILES string of the molecule is O=C(c1cn(Cc2ccccc2)nc1-c1ccc(Cl)cc1)N1CCS(=O)CC1. The highest BCUT2D eigenvalue weighted by atomic mass is 35.5. The summed E-state index contributed by atoms with van der Waals surface area (Å²) in [6.07, 6.45) is 1.81. The summed E-state index contributed by atoms with van der Waals surface area (Å²) in [6.45, 7) is 1.60. The summed E-state index contributed by atoms with van der Waals surface area (Å²) >= 11 is 6.02. The van der Waals surface area contributed by atoms with E-state index in [1.807, 2.05) is 48.7 Å². The molecule has 5 nitrogen and oxygen atoms in total. The maximum Gasteiger partial charge on any atom is 0.257 e. The van der Waals surface area contributed by atoms with Crippen molar-refractivity contribution in [1.29, 1.82) is 0 Å². The van der Waals surface area contributed by atoms with Gasteiger partial charge in [0.1, 0.15) is 5.69 Å². The average molecular weight is 414 g/mol. The lowest BCUT2D eigenvalue weighted by Crippen LogP contribution is -2.41. The van der Waals surface area contributed by atoms with Crippen LogP contribution < -0.4 is 0 Å². The lowest BCUT2D eigenvalue weighted by molar-refractivity contribution is 0.0772. The van der Waals surface area contributed by atoms with Crippen LogP contribution in [0.2, 0.25) is 5.02 Å². The molecule has 28 heavy (non-hydrogen) atoms. The molecule has 1 aromatic heterocycles. The van der Waals surface area contributed by atoms with Crippen LogP contribution in [0.5, 0.6) is 0 Å². The van der Waals surface area contributed by atoms with Gasteiger partial charge in [0.05, 0.1) is 12.1 Å². The van der Waals surface area contributed by atoms with Gasteiger partial charge in [0.15, 0.2) is 0 Å². The van der Waals surface area contributed by atoms with Gasteiger partial charge in [0, 0.05) is 52.2 Å². The lowest BCUT2D eigenvalue weighted by atomic mass is 10.1. The summed E-state index contributed by atoms with van der Waals surface area (Å²) in [4.78, 5) is 14.9. The summed E-state index contributed by atoms with van der Waals surface area (Å²) in [5, 5.41) is 5.34. The van der Waals surface area contributed by atoms with E-state index in [9.17, 15) is 9.00 Å². The molecule has 0 spiro atoms. The summed E-state index contributed by atoms with van der Waals surface area (Å²) in [5.41, 5.74) is 3.16. The first-order valence-corrected chi connectivity index (χ1v) is 11.0. The van der Waals surface area contributed by atoms with Crippen molar-refractivity contribution in [2.45, 2.75) is 6.54 Å². The fraction of sp³-hybridized carbons (Fsp3) is 0.238. The first-order chi connectivity index (χ1) is 13.6. The zero-order valence-electron chi connectivity index (χ0n) is 15.3. The molecule has 1 aliphatic rings. The molecular formula is C21H20ClN3O2S. The van der Waals surface area contributed by atoms with Crippen LogP contribution in [0.1, 0.15) is 15.9 Å². The predicted octanol–water partition coefficient (Wildman–Crippen LogP) is 3.46. The Bertz CT molecular complexity index is 992. The summed E-state index contributed by atoms with van der Waals surface area (Å²) in [6, 6.07) is 17.4. The van der Waals surface area contributed by atoms with Gasteiger partial charge in [-0.2, -0.15) is 5.10 Å². The van der Waals surface area contributed by atoms with Crippen LogP contribution in [0.15, 0.2) is 60.8 Å². The molecule has 2 heterocycles. The molecule has 0 saturated carbocycles. The molecule has 0 radical (unpaired) electrons. The second-order valence-corrected chi connectivity index (χ2v) is 8.85. The zero-order valence-corrected chi connectivity index (χ0v) is 16.8. The standard InChI is InChI=1S/C21H20ClN3O2S/c22-18-8-6-17(7-9-18)20-19(21(26)24-10-12-28(27)13-11-24)15-25(23-20)14-16-4-2-1-3-5-16/h1-9,15H,10-14H2. The molecule has 3 aromatic rings. The molecule has 1 amide bonds. The van der Waals surface area contributed by atoms with Crippen LogP contribution >= 0.6 is 11.6 Å². The van der Waals surface area contributed by atoms with Crippen LogP contribution in [0.25, 0.3) is 11.3 Å². The summed E-state index contributed by atoms with van der Waals surface area (Å²) in [5.74, 6) is 0.987. The largest absolute Gasteiger partial charge is 0.337 e. The molecule has 144 valence electrons. The Morgan fingerprint density at radius 1 is 1.04 bits per heavy atom. The van der Waals surface area contributed by atoms with Crippen molar-refractivity contribution in [1.82, 2.24) is 14.7 Å². The third kappa shape index (κ3) is 4.18. The van der Waals surface area contributed by atoms with E-state index >= 15 is 0 Å². The molecule has 1 fully saturated rings. The Labute approximate surface area is 171 Å². The van der Waals surface area contributed by atoms with Crippen LogP contribution in [-0.2, 0) is 17.3 Å². The smallest absolute Gasteiger partial charge is 0.257 e. The van der Waals surface area contributed by atoms with Gasteiger partial charge >= 0.3 is 0 Å². The molecular weight excluding hydrogens is 394 g/mol. The van der Waals surface area contributed by atoms with Crippen molar-refractivity contribution < 1.29 is 9.00 Å². The van der Waals surface area contributed by atoms with Gasteiger partial charge in [0.2, 0.25) is 0 Å². The second kappa shape index (κ2) is 8.29. The Morgan fingerprint density at radius 3 is 2.39 bits per heavy atom. The van der Waals surface area contributed by atoms with Crippen LogP contribution in [0, 0.1) is 0 Å². The first kappa shape index (κ1) is 18.9. The Morgan fingerprint density at radius 2 is 1.71 bits per heavy atom. The van der Waals surface area contributed by atoms with Crippen molar-refractivity contribution in [3.05, 3.63) is 76.9 Å². The monoisotopic (exact) mass is 413 g/mol. The fourth-order valence-electron chi connectivity index (χ4n) is 3.26. The van der Waals surface area contributed by atoms with Gasteiger partial charge in [0.25, 0.3) is 5.91 Å². The summed E-state index contributed by atoms with van der Waals surface area (Å²) < 4.78 is 13.4. The Balaban J connectivity index is 1.69. The zero-order chi connectivity index (χ0) is 19.5. The van der Waals surface area contributed by atoms with E-state index in [1.54, 1.807) is 21.7 Å². The number of rotatable bonds is 4. The number of amides is 1. The molecule has 0 bridgehead atoms. The van der Waals surface area contributed by atoms with Gasteiger partial charge in [-0.05, 0) is 17.7 Å². The number of hydrogen-bond donors (Lipinski definition) is 0. The third-order valence-electron chi connectivity index (χ3n) is 4.76. The normalized spacial score (nSPS) is 15.0. The van der Waals surface area contributed by atoms with Gasteiger partial charge in [-0.1, -0.05) is 54.1 Å². The van der Waals surface area contributed by atoms with E-state index in [4.69, 9.17) is 16.7 Å². The van der Waals surface area contributed by atoms with Gasteiger partial charge in [-0.3, -0.25) is 13.7 Å². The maximum absolute atomic E-state index is 13.2. The van der Waals surface area contributed by atoms with Crippen molar-refractivity contribution in [2.24, 2.45) is 0 Å². The van der Waals surface area contributed by atoms with Crippen molar-refractivity contribution in [3.63, 3.8) is 0 Å². The Hall–Kier alpha value is -2.44. The molecule has 0 aliphatic carbocycles. The minimum Gasteiger partial charge on any atom is -0.337 e. The predicted molar refractivity (Wildman–Crippen MR) is 112 cm³/mol. The number of carbonyl (C=O) groups excluding carboxylic acids is 1. The van der Waals surface area contributed by atoms with E-state index in [-0.39, 0.29) is 5.91 Å². The van der Waals surface area contributed by atoms with Gasteiger partial charge in [-0.25, -0.2) is 0 Å². The van der Waals surface area contributed by atoms with Crippen molar-refractivity contribution in [2.75, 3.05) is 24.6 Å². The average Bonchev–Trinajstić information content (AvgIpc) is 3.13. The molecule has 4 rings (SSSR count). The molecule has 0 atom stereocenters. The number of aromatic nitrogens is 2. The summed E-state index contributed by atoms with van der Waals surface area (Å²) in [7, 11) is -0.829. The quantitative estimate of drug-likeness (QED) is 0.658. The molecule has 0 unspecified atom stereocenters. The fourth-order valence-corrected chi connectivity index (χ4v) is 4.44. The van der Waals surface area contributed by atoms with Crippen LogP contribution in [0.3, 0.4) is 0 Å². The molecule has 2 aromatic carbocycles. The molecule has 1 aliphatic heterocycles. The lowest BCUT2D eigenvalue weighted by Gasteiger charge is -2.26. The minimum absolute atomic E-state index is 0.0686. The number of halogens is 1.